The number of fused-ring (bicyclic) bond motifs is 1. The zero-order chi connectivity index (χ0) is 39.0. The van der Waals surface area contributed by atoms with E-state index in [0.29, 0.717) is 34.3 Å². The second kappa shape index (κ2) is 17.3. The fourth-order valence-electron chi connectivity index (χ4n) is 6.35. The number of esters is 1. The Morgan fingerprint density at radius 2 is 1.85 bits per heavy atom. The van der Waals surface area contributed by atoms with Crippen molar-refractivity contribution in [3.05, 3.63) is 45.3 Å². The van der Waals surface area contributed by atoms with Gasteiger partial charge in [-0.3, -0.25) is 33.8 Å². The van der Waals surface area contributed by atoms with E-state index in [1.807, 2.05) is 0 Å². The van der Waals surface area contributed by atoms with Crippen LogP contribution in [0.4, 0.5) is 10.1 Å². The molecule has 9 N–H and O–H groups in total. The number of cyclic esters (lactones) is 1. The van der Waals surface area contributed by atoms with Gasteiger partial charge >= 0.3 is 5.97 Å². The summed E-state index contributed by atoms with van der Waals surface area (Å²) in [6, 6.07) is -0.598. The Hall–Kier alpha value is -5.53. The summed E-state index contributed by atoms with van der Waals surface area (Å²) in [5, 5.41) is 26.6. The molecule has 1 aromatic rings. The van der Waals surface area contributed by atoms with E-state index in [-0.39, 0.29) is 55.9 Å². The zero-order valence-electron chi connectivity index (χ0n) is 29.5. The minimum absolute atomic E-state index is 0.0506. The number of carbonyl (C=O) groups is 7. The van der Waals surface area contributed by atoms with Gasteiger partial charge in [-0.15, -0.1) is 0 Å². The summed E-state index contributed by atoms with van der Waals surface area (Å²) in [4.78, 5) is 90.7. The molecular formula is C34H43FN8O10. The molecule has 4 rings (SSSR count). The van der Waals surface area contributed by atoms with Crippen LogP contribution in [-0.2, 0) is 49.5 Å². The van der Waals surface area contributed by atoms with Gasteiger partial charge in [-0.1, -0.05) is 6.92 Å². The fraction of sp³-hybridized carbons (Fsp3) is 0.471. The molecule has 2 heterocycles. The van der Waals surface area contributed by atoms with Gasteiger partial charge in [0.05, 0.1) is 36.9 Å². The molecule has 286 valence electrons. The van der Waals surface area contributed by atoms with Crippen LogP contribution < -0.4 is 37.6 Å². The molecule has 6 amide bonds. The van der Waals surface area contributed by atoms with E-state index in [1.165, 1.54) is 13.0 Å². The first kappa shape index (κ1) is 40.2. The lowest BCUT2D eigenvalue weighted by Crippen LogP contribution is -2.53. The second-order valence-corrected chi connectivity index (χ2v) is 12.5. The molecule has 18 nitrogen and oxygen atoms in total. The summed E-state index contributed by atoms with van der Waals surface area (Å²) < 4.78 is 25.5. The summed E-state index contributed by atoms with van der Waals surface area (Å²) in [6.45, 7) is 5.57. The summed E-state index contributed by atoms with van der Waals surface area (Å²) in [5.41, 5.74) is 5.42. The molecule has 0 saturated heterocycles. The lowest BCUT2D eigenvalue weighted by atomic mass is 9.72. The summed E-state index contributed by atoms with van der Waals surface area (Å²) >= 11 is 0. The number of aliphatic hydroxyl groups is 1. The molecule has 0 radical (unpaired) electrons. The average Bonchev–Trinajstić information content (AvgIpc) is 3.14. The Bertz CT molecular complexity index is 1790. The molecule has 1 aromatic carbocycles. The van der Waals surface area contributed by atoms with Crippen LogP contribution in [0, 0.1) is 12.7 Å². The maximum absolute atomic E-state index is 15.0. The van der Waals surface area contributed by atoms with Crippen LogP contribution in [-0.4, -0.2) is 117 Å². The number of nitrogens with two attached hydrogens (primary N) is 1. The highest BCUT2D eigenvalue weighted by atomic mass is 19.1. The third kappa shape index (κ3) is 8.93. The van der Waals surface area contributed by atoms with Crippen molar-refractivity contribution in [1.82, 2.24) is 31.9 Å². The van der Waals surface area contributed by atoms with Crippen LogP contribution in [0.15, 0.2) is 27.8 Å². The normalized spacial score (nSPS) is 21.2. The standard InChI is InChI=1S/C34H43FN8O10/c1-5-34(51)30-19(10-39-32(49)20(30)13-53-33(34)50)29-22(7-6-18-16(2)21(35)8-23(37-4)28(18)29)43-27(47)14-52-15-41-25(45)11-40-31(48)17(3)42-26(46)12-38-24(44)9-36/h8,17,22,51H,4-7,9-15,36H2,1-3H3,(H,38,44)(H,39,49)(H,40,48)(H,41,45)(H,42,46)(H,43,47)/t17-,22-,34-/m0/s1. The second-order valence-electron chi connectivity index (χ2n) is 12.5. The Morgan fingerprint density at radius 3 is 2.53 bits per heavy atom. The first-order valence-corrected chi connectivity index (χ1v) is 16.8. The molecule has 0 unspecified atom stereocenters. The zero-order valence-corrected chi connectivity index (χ0v) is 29.5. The number of hydrogen-bond acceptors (Lipinski definition) is 12. The van der Waals surface area contributed by atoms with Crippen molar-refractivity contribution in [2.24, 2.45) is 10.7 Å². The molecule has 1 aliphatic carbocycles. The quantitative estimate of drug-likeness (QED) is 0.0430. The monoisotopic (exact) mass is 742 g/mol. The third-order valence-corrected chi connectivity index (χ3v) is 9.11. The maximum atomic E-state index is 15.0. The van der Waals surface area contributed by atoms with Crippen molar-refractivity contribution >= 4 is 59.4 Å². The number of aliphatic imine (C=N–C) groups is 1. The van der Waals surface area contributed by atoms with Crippen LogP contribution in [0.3, 0.4) is 0 Å². The van der Waals surface area contributed by atoms with Crippen LogP contribution in [0.1, 0.15) is 43.4 Å². The van der Waals surface area contributed by atoms with Gasteiger partial charge < -0.3 is 52.2 Å². The van der Waals surface area contributed by atoms with Crippen LogP contribution in [0.2, 0.25) is 0 Å². The molecule has 0 fully saturated rings. The number of halogens is 1. The Balaban J connectivity index is 1.45. The topological polar surface area (TPSA) is 269 Å². The van der Waals surface area contributed by atoms with Gasteiger partial charge in [0.1, 0.15) is 31.8 Å². The lowest BCUT2D eigenvalue weighted by Gasteiger charge is -2.41. The molecule has 3 atom stereocenters. The number of carbonyl (C=O) groups excluding carboxylic acids is 7. The van der Waals surface area contributed by atoms with E-state index in [2.05, 4.69) is 43.6 Å². The maximum Gasteiger partial charge on any atom is 0.343 e. The van der Waals surface area contributed by atoms with E-state index >= 15 is 0 Å². The SMILES string of the molecule is C=Nc1cc(F)c(C)c2c1C(=C1CNC(=O)C3=C1[C@@](O)(CC)C(=O)OC3)[C@@H](NC(=O)COCNC(=O)CNC(=O)[C@H](C)NC(=O)CNC(=O)CN)CC2. The lowest BCUT2D eigenvalue weighted by molar-refractivity contribution is -0.163. The molecule has 19 heteroatoms. The number of nitrogens with zero attached hydrogens (tertiary/aromatic N) is 1. The summed E-state index contributed by atoms with van der Waals surface area (Å²) in [7, 11) is 0. The van der Waals surface area contributed by atoms with E-state index in [0.717, 1.165) is 0 Å². The van der Waals surface area contributed by atoms with Crippen LogP contribution in [0.25, 0.3) is 5.57 Å². The van der Waals surface area contributed by atoms with Gasteiger partial charge in [-0.2, -0.15) is 0 Å². The molecule has 0 aromatic heterocycles. The Kier molecular flexibility index (Phi) is 13.2. The highest BCUT2D eigenvalue weighted by molar-refractivity contribution is 6.04. The van der Waals surface area contributed by atoms with Gasteiger partial charge in [0, 0.05) is 23.7 Å². The van der Waals surface area contributed by atoms with Gasteiger partial charge in [-0.05, 0) is 62.1 Å². The van der Waals surface area contributed by atoms with Crippen molar-refractivity contribution in [2.45, 2.75) is 57.7 Å². The third-order valence-electron chi connectivity index (χ3n) is 9.11. The first-order valence-electron chi connectivity index (χ1n) is 16.8. The number of nitrogens with one attached hydrogen (secondary N) is 6. The highest BCUT2D eigenvalue weighted by Gasteiger charge is 2.50. The molecule has 0 spiro atoms. The number of hydrogen-bond donors (Lipinski definition) is 8. The fourth-order valence-corrected chi connectivity index (χ4v) is 6.35. The van der Waals surface area contributed by atoms with E-state index in [9.17, 15) is 43.1 Å². The molecule has 3 aliphatic rings. The van der Waals surface area contributed by atoms with Crippen molar-refractivity contribution in [3.8, 4) is 0 Å². The van der Waals surface area contributed by atoms with Gasteiger partial charge in [0.25, 0.3) is 5.91 Å². The number of benzene rings is 1. The smallest absolute Gasteiger partial charge is 0.343 e. The summed E-state index contributed by atoms with van der Waals surface area (Å²) in [5.74, 6) is -5.09. The molecule has 2 aliphatic heterocycles. The largest absolute Gasteiger partial charge is 0.458 e. The van der Waals surface area contributed by atoms with Crippen molar-refractivity contribution in [1.29, 1.82) is 0 Å². The molecule has 0 saturated carbocycles. The van der Waals surface area contributed by atoms with Crippen LogP contribution >= 0.6 is 0 Å². The predicted octanol–water partition coefficient (Wildman–Crippen LogP) is -2.44. The minimum Gasteiger partial charge on any atom is -0.458 e. The van der Waals surface area contributed by atoms with E-state index in [4.69, 9.17) is 15.2 Å². The Morgan fingerprint density at radius 1 is 1.13 bits per heavy atom. The van der Waals surface area contributed by atoms with Crippen molar-refractivity contribution < 1.29 is 52.5 Å². The number of amides is 6. The molecule has 0 bridgehead atoms. The van der Waals surface area contributed by atoms with Crippen molar-refractivity contribution in [2.75, 3.05) is 46.1 Å². The van der Waals surface area contributed by atoms with E-state index < -0.39 is 84.8 Å². The number of ether oxygens (including phenoxy) is 2. The average molecular weight is 743 g/mol. The Labute approximate surface area is 303 Å². The minimum atomic E-state index is -2.17. The summed E-state index contributed by atoms with van der Waals surface area (Å²) in [6.07, 6.45) is 0.460. The van der Waals surface area contributed by atoms with Crippen LogP contribution in [0.5, 0.6) is 0 Å². The van der Waals surface area contributed by atoms with Gasteiger partial charge in [-0.25, -0.2) is 9.18 Å². The van der Waals surface area contributed by atoms with Gasteiger partial charge in [0.15, 0.2) is 5.60 Å². The molecule has 53 heavy (non-hydrogen) atoms. The van der Waals surface area contributed by atoms with E-state index in [1.54, 1.807) is 13.8 Å². The predicted molar refractivity (Wildman–Crippen MR) is 185 cm³/mol. The number of rotatable bonds is 14. The molecular weight excluding hydrogens is 699 g/mol. The van der Waals surface area contributed by atoms with Crippen molar-refractivity contribution in [3.63, 3.8) is 0 Å². The first-order chi connectivity index (χ1) is 25.2. The van der Waals surface area contributed by atoms with Gasteiger partial charge in [0.2, 0.25) is 29.5 Å². The highest BCUT2D eigenvalue weighted by Crippen LogP contribution is 2.47.